The van der Waals surface area contributed by atoms with E-state index in [2.05, 4.69) is 30.6 Å². The van der Waals surface area contributed by atoms with Crippen LogP contribution < -0.4 is 5.32 Å². The van der Waals surface area contributed by atoms with Crippen molar-refractivity contribution in [2.45, 2.75) is 38.5 Å². The molecule has 0 radical (unpaired) electrons. The van der Waals surface area contributed by atoms with Crippen LogP contribution in [0.3, 0.4) is 0 Å². The van der Waals surface area contributed by atoms with E-state index >= 15 is 0 Å². The average molecular weight is 247 g/mol. The predicted octanol–water partition coefficient (Wildman–Crippen LogP) is 3.56. The van der Waals surface area contributed by atoms with E-state index in [0.29, 0.717) is 0 Å². The van der Waals surface area contributed by atoms with Crippen molar-refractivity contribution in [3.05, 3.63) is 17.3 Å². The van der Waals surface area contributed by atoms with Crippen LogP contribution in [0.15, 0.2) is 11.4 Å². The van der Waals surface area contributed by atoms with E-state index in [1.54, 1.807) is 11.3 Å². The Morgan fingerprint density at radius 1 is 1.41 bits per heavy atom. The van der Waals surface area contributed by atoms with E-state index in [0.717, 1.165) is 34.8 Å². The number of rotatable bonds is 4. The predicted molar refractivity (Wildman–Crippen MR) is 72.8 cm³/mol. The van der Waals surface area contributed by atoms with Gasteiger partial charge in [-0.15, -0.1) is 11.3 Å². The third-order valence-electron chi connectivity index (χ3n) is 3.41. The first kappa shape index (κ1) is 11.0. The van der Waals surface area contributed by atoms with Crippen LogP contribution in [0.25, 0.3) is 10.2 Å². The molecule has 90 valence electrons. The van der Waals surface area contributed by atoms with Crippen LogP contribution in [0.2, 0.25) is 0 Å². The molecule has 1 aliphatic carbocycles. The highest BCUT2D eigenvalue weighted by atomic mass is 32.1. The second-order valence-electron chi connectivity index (χ2n) is 5.02. The van der Waals surface area contributed by atoms with Crippen molar-refractivity contribution in [2.75, 3.05) is 11.9 Å². The van der Waals surface area contributed by atoms with Crippen molar-refractivity contribution in [2.24, 2.45) is 0 Å². The molecule has 0 spiro atoms. The molecule has 1 saturated carbocycles. The molecule has 0 bridgehead atoms. The monoisotopic (exact) mass is 247 g/mol. The van der Waals surface area contributed by atoms with Crippen LogP contribution in [-0.2, 0) is 5.41 Å². The van der Waals surface area contributed by atoms with Gasteiger partial charge in [-0.05, 0) is 30.7 Å². The molecule has 0 aromatic carbocycles. The summed E-state index contributed by atoms with van der Waals surface area (Å²) in [5, 5.41) is 6.68. The lowest BCUT2D eigenvalue weighted by molar-refractivity contribution is 0.716. The highest BCUT2D eigenvalue weighted by Crippen LogP contribution is 2.46. The molecule has 17 heavy (non-hydrogen) atoms. The topological polar surface area (TPSA) is 37.8 Å². The summed E-state index contributed by atoms with van der Waals surface area (Å²) in [7, 11) is 0. The van der Waals surface area contributed by atoms with Crippen LogP contribution in [-0.4, -0.2) is 16.5 Å². The molecule has 2 aromatic rings. The summed E-state index contributed by atoms with van der Waals surface area (Å²) in [6, 6.07) is 2.11. The number of nitrogens with zero attached hydrogens (tertiary/aromatic N) is 2. The average Bonchev–Trinajstić information content (AvgIpc) is 2.92. The van der Waals surface area contributed by atoms with Crippen LogP contribution >= 0.6 is 11.3 Å². The summed E-state index contributed by atoms with van der Waals surface area (Å²) in [6.07, 6.45) is 3.55. The minimum absolute atomic E-state index is 0.237. The van der Waals surface area contributed by atoms with Crippen LogP contribution in [0.5, 0.6) is 0 Å². The van der Waals surface area contributed by atoms with Crippen molar-refractivity contribution in [1.29, 1.82) is 0 Å². The van der Waals surface area contributed by atoms with Gasteiger partial charge in [0, 0.05) is 12.0 Å². The molecule has 2 heterocycles. The number of fused-ring (bicyclic) bond motifs is 1. The Kier molecular flexibility index (Phi) is 2.54. The molecule has 3 nitrogen and oxygen atoms in total. The maximum atomic E-state index is 4.73. The lowest BCUT2D eigenvalue weighted by Gasteiger charge is -2.11. The third-order valence-corrected chi connectivity index (χ3v) is 4.21. The number of nitrogens with one attached hydrogen (secondary N) is 1. The van der Waals surface area contributed by atoms with E-state index < -0.39 is 0 Å². The number of anilines is 1. The molecule has 0 atom stereocenters. The van der Waals surface area contributed by atoms with Crippen LogP contribution in [0, 0.1) is 0 Å². The van der Waals surface area contributed by atoms with E-state index in [-0.39, 0.29) is 5.41 Å². The maximum absolute atomic E-state index is 4.73. The summed E-state index contributed by atoms with van der Waals surface area (Å²) in [5.74, 6) is 2.03. The minimum atomic E-state index is 0.237. The standard InChI is InChI=1S/C13H17N3S/c1-3-7-14-10-9-4-8-17-11(9)16-12(15-10)13(2)5-6-13/h4,8H,3,5-7H2,1-2H3,(H,14,15,16). The zero-order chi connectivity index (χ0) is 11.9. The maximum Gasteiger partial charge on any atom is 0.138 e. The van der Waals surface area contributed by atoms with Gasteiger partial charge >= 0.3 is 0 Å². The molecule has 1 aliphatic rings. The smallest absolute Gasteiger partial charge is 0.138 e. The van der Waals surface area contributed by atoms with Crippen molar-refractivity contribution in [1.82, 2.24) is 9.97 Å². The summed E-state index contributed by atoms with van der Waals surface area (Å²) in [5.41, 5.74) is 0.237. The number of aromatic nitrogens is 2. The fourth-order valence-electron chi connectivity index (χ4n) is 1.91. The molecule has 0 saturated heterocycles. The SMILES string of the molecule is CCCNc1nc(C2(C)CC2)nc2sccc12. The first-order chi connectivity index (χ1) is 8.23. The lowest BCUT2D eigenvalue weighted by Crippen LogP contribution is -2.10. The number of hydrogen-bond donors (Lipinski definition) is 1. The van der Waals surface area contributed by atoms with Crippen molar-refractivity contribution >= 4 is 27.4 Å². The van der Waals surface area contributed by atoms with Gasteiger partial charge in [-0.3, -0.25) is 0 Å². The Hall–Kier alpha value is -1.16. The molecular weight excluding hydrogens is 230 g/mol. The first-order valence-electron chi connectivity index (χ1n) is 6.22. The van der Waals surface area contributed by atoms with E-state index in [9.17, 15) is 0 Å². The molecule has 4 heteroatoms. The fourth-order valence-corrected chi connectivity index (χ4v) is 2.68. The van der Waals surface area contributed by atoms with Crippen LogP contribution in [0.4, 0.5) is 5.82 Å². The summed E-state index contributed by atoms with van der Waals surface area (Å²) in [6.45, 7) is 5.39. The van der Waals surface area contributed by atoms with Gasteiger partial charge in [0.15, 0.2) is 0 Å². The summed E-state index contributed by atoms with van der Waals surface area (Å²) >= 11 is 1.70. The Balaban J connectivity index is 2.07. The molecule has 1 fully saturated rings. The number of hydrogen-bond acceptors (Lipinski definition) is 4. The van der Waals surface area contributed by atoms with Gasteiger partial charge in [0.2, 0.25) is 0 Å². The van der Waals surface area contributed by atoms with Crippen molar-refractivity contribution in [3.8, 4) is 0 Å². The number of thiophene rings is 1. The first-order valence-corrected chi connectivity index (χ1v) is 7.10. The van der Waals surface area contributed by atoms with Crippen molar-refractivity contribution in [3.63, 3.8) is 0 Å². The second kappa shape index (κ2) is 3.95. The third kappa shape index (κ3) is 1.90. The van der Waals surface area contributed by atoms with Gasteiger partial charge in [-0.1, -0.05) is 13.8 Å². The van der Waals surface area contributed by atoms with E-state index in [4.69, 9.17) is 9.97 Å². The highest BCUT2D eigenvalue weighted by molar-refractivity contribution is 7.16. The summed E-state index contributed by atoms with van der Waals surface area (Å²) < 4.78 is 0. The Bertz CT molecular complexity index is 543. The molecule has 3 rings (SSSR count). The lowest BCUT2D eigenvalue weighted by atomic mass is 10.1. The fraction of sp³-hybridized carbons (Fsp3) is 0.538. The van der Waals surface area contributed by atoms with Gasteiger partial charge in [-0.25, -0.2) is 9.97 Å². The largest absolute Gasteiger partial charge is 0.369 e. The van der Waals surface area contributed by atoms with Gasteiger partial charge in [0.25, 0.3) is 0 Å². The van der Waals surface area contributed by atoms with E-state index in [1.807, 2.05) is 0 Å². The summed E-state index contributed by atoms with van der Waals surface area (Å²) in [4.78, 5) is 10.5. The Morgan fingerprint density at radius 3 is 2.94 bits per heavy atom. The minimum Gasteiger partial charge on any atom is -0.369 e. The van der Waals surface area contributed by atoms with E-state index in [1.165, 1.54) is 12.8 Å². The van der Waals surface area contributed by atoms with Gasteiger partial charge in [-0.2, -0.15) is 0 Å². The second-order valence-corrected chi connectivity index (χ2v) is 5.92. The molecular formula is C13H17N3S. The molecule has 2 aromatic heterocycles. The van der Waals surface area contributed by atoms with Gasteiger partial charge in [0.05, 0.1) is 5.39 Å². The van der Waals surface area contributed by atoms with Gasteiger partial charge < -0.3 is 5.32 Å². The van der Waals surface area contributed by atoms with Crippen molar-refractivity contribution < 1.29 is 0 Å². The molecule has 0 amide bonds. The molecule has 0 aliphatic heterocycles. The zero-order valence-corrected chi connectivity index (χ0v) is 11.1. The quantitative estimate of drug-likeness (QED) is 0.897. The van der Waals surface area contributed by atoms with Crippen LogP contribution in [0.1, 0.15) is 38.9 Å². The van der Waals surface area contributed by atoms with Gasteiger partial charge in [0.1, 0.15) is 16.5 Å². The Labute approximate surface area is 105 Å². The highest BCUT2D eigenvalue weighted by Gasteiger charge is 2.42. The Morgan fingerprint density at radius 2 is 2.24 bits per heavy atom. The normalized spacial score (nSPS) is 17.3. The molecule has 0 unspecified atom stereocenters. The zero-order valence-electron chi connectivity index (χ0n) is 10.3. The molecule has 1 N–H and O–H groups in total.